The van der Waals surface area contributed by atoms with E-state index in [4.69, 9.17) is 0 Å². The summed E-state index contributed by atoms with van der Waals surface area (Å²) < 4.78 is 22.8. The van der Waals surface area contributed by atoms with Gasteiger partial charge in [0.1, 0.15) is 5.82 Å². The Bertz CT molecular complexity index is 768. The van der Waals surface area contributed by atoms with E-state index in [1.165, 1.54) is 12.1 Å². The van der Waals surface area contributed by atoms with Crippen LogP contribution >= 0.6 is 0 Å². The number of hydrogen-bond acceptors (Lipinski definition) is 4. The molecule has 5 nitrogen and oxygen atoms in total. The van der Waals surface area contributed by atoms with Gasteiger partial charge in [0.05, 0.1) is 11.3 Å². The van der Waals surface area contributed by atoms with E-state index in [0.717, 1.165) is 23.8 Å². The summed E-state index contributed by atoms with van der Waals surface area (Å²) in [5.74, 6) is 0.338. The van der Waals surface area contributed by atoms with Gasteiger partial charge < -0.3 is 5.32 Å². The number of aryl methyl sites for hydroxylation is 1. The molecule has 0 saturated heterocycles. The average Bonchev–Trinajstić information content (AvgIpc) is 2.47. The highest BCUT2D eigenvalue weighted by molar-refractivity contribution is 7.90. The lowest BCUT2D eigenvalue weighted by molar-refractivity contribution is -0.115. The maximum atomic E-state index is 12.0. The molecule has 0 fully saturated rings. The summed E-state index contributed by atoms with van der Waals surface area (Å²) >= 11 is 0. The lowest BCUT2D eigenvalue weighted by atomic mass is 10.1. The molecule has 1 aromatic carbocycles. The number of rotatable bonds is 5. The first-order valence-electron chi connectivity index (χ1n) is 6.92. The van der Waals surface area contributed by atoms with Crippen LogP contribution in [0.1, 0.15) is 18.1 Å². The Balaban J connectivity index is 2.02. The van der Waals surface area contributed by atoms with Crippen LogP contribution < -0.4 is 5.32 Å². The van der Waals surface area contributed by atoms with E-state index in [1.54, 1.807) is 18.3 Å². The molecule has 116 valence electrons. The van der Waals surface area contributed by atoms with Crippen LogP contribution in [0.4, 0.5) is 5.82 Å². The molecule has 1 amide bonds. The number of nitrogens with zero attached hydrogens (tertiary/aromatic N) is 1. The van der Waals surface area contributed by atoms with Crippen molar-refractivity contribution < 1.29 is 13.2 Å². The molecule has 0 saturated carbocycles. The highest BCUT2D eigenvalue weighted by Gasteiger charge is 2.09. The number of carbonyl (C=O) groups excluding carboxylic acids is 1. The molecule has 0 atom stereocenters. The number of aromatic nitrogens is 1. The lowest BCUT2D eigenvalue weighted by Crippen LogP contribution is -2.15. The third-order valence-electron chi connectivity index (χ3n) is 3.22. The zero-order valence-corrected chi connectivity index (χ0v) is 13.4. The van der Waals surface area contributed by atoms with Crippen LogP contribution in [0.25, 0.3) is 0 Å². The van der Waals surface area contributed by atoms with Crippen LogP contribution in [0.5, 0.6) is 0 Å². The number of sulfone groups is 1. The number of benzene rings is 1. The van der Waals surface area contributed by atoms with Gasteiger partial charge >= 0.3 is 0 Å². The van der Waals surface area contributed by atoms with Gasteiger partial charge in [-0.05, 0) is 41.8 Å². The predicted octanol–water partition coefficient (Wildman–Crippen LogP) is 2.23. The van der Waals surface area contributed by atoms with E-state index in [0.29, 0.717) is 5.82 Å². The van der Waals surface area contributed by atoms with E-state index in [-0.39, 0.29) is 17.2 Å². The zero-order valence-electron chi connectivity index (χ0n) is 12.5. The fourth-order valence-electron chi connectivity index (χ4n) is 1.99. The van der Waals surface area contributed by atoms with Crippen molar-refractivity contribution in [2.45, 2.75) is 24.7 Å². The quantitative estimate of drug-likeness (QED) is 0.917. The summed E-state index contributed by atoms with van der Waals surface area (Å²) in [6, 6.07) is 10.0. The molecule has 0 radical (unpaired) electrons. The Kier molecular flexibility index (Phi) is 4.92. The van der Waals surface area contributed by atoms with Crippen LogP contribution in [0.15, 0.2) is 47.5 Å². The largest absolute Gasteiger partial charge is 0.310 e. The third-order valence-corrected chi connectivity index (χ3v) is 4.34. The van der Waals surface area contributed by atoms with Gasteiger partial charge in [-0.2, -0.15) is 0 Å². The number of pyridine rings is 1. The molecule has 1 N–H and O–H groups in total. The number of hydrogen-bond donors (Lipinski definition) is 1. The Morgan fingerprint density at radius 2 is 1.82 bits per heavy atom. The van der Waals surface area contributed by atoms with Crippen molar-refractivity contribution in [3.05, 3.63) is 53.7 Å². The minimum atomic E-state index is -3.21. The van der Waals surface area contributed by atoms with E-state index in [2.05, 4.69) is 10.3 Å². The maximum absolute atomic E-state index is 12.0. The van der Waals surface area contributed by atoms with Crippen LogP contribution in [-0.2, 0) is 27.5 Å². The molecule has 6 heteroatoms. The standard InChI is InChI=1S/C16H18N2O3S/c1-3-12-8-9-17-15(10-12)18-16(19)11-13-4-6-14(7-5-13)22(2,20)21/h4-10H,3,11H2,1-2H3,(H,17,18,19). The second kappa shape index (κ2) is 6.70. The second-order valence-corrected chi connectivity index (χ2v) is 7.06. The molecule has 0 bridgehead atoms. The highest BCUT2D eigenvalue weighted by atomic mass is 32.2. The Labute approximate surface area is 130 Å². The van der Waals surface area contributed by atoms with Gasteiger partial charge in [-0.3, -0.25) is 4.79 Å². The zero-order chi connectivity index (χ0) is 16.2. The molecule has 2 aromatic rings. The first kappa shape index (κ1) is 16.2. The SMILES string of the molecule is CCc1ccnc(NC(=O)Cc2ccc(S(C)(=O)=O)cc2)c1. The summed E-state index contributed by atoms with van der Waals surface area (Å²) in [5.41, 5.74) is 1.85. The number of amides is 1. The molecular weight excluding hydrogens is 300 g/mol. The maximum Gasteiger partial charge on any atom is 0.229 e. The fourth-order valence-corrected chi connectivity index (χ4v) is 2.62. The fraction of sp³-hybridized carbons (Fsp3) is 0.250. The number of nitrogens with one attached hydrogen (secondary N) is 1. The van der Waals surface area contributed by atoms with Gasteiger partial charge in [-0.25, -0.2) is 13.4 Å². The molecule has 1 heterocycles. The molecule has 0 aliphatic carbocycles. The second-order valence-electron chi connectivity index (χ2n) is 5.04. The van der Waals surface area contributed by atoms with Gasteiger partial charge in [-0.1, -0.05) is 19.1 Å². The molecule has 0 aliphatic rings. The van der Waals surface area contributed by atoms with Crippen molar-refractivity contribution in [2.24, 2.45) is 0 Å². The van der Waals surface area contributed by atoms with Gasteiger partial charge in [0.15, 0.2) is 9.84 Å². The smallest absolute Gasteiger partial charge is 0.229 e. The number of carbonyl (C=O) groups is 1. The van der Waals surface area contributed by atoms with Crippen molar-refractivity contribution in [1.82, 2.24) is 4.98 Å². The summed E-state index contributed by atoms with van der Waals surface area (Å²) in [4.78, 5) is 16.3. The van der Waals surface area contributed by atoms with Gasteiger partial charge in [0.2, 0.25) is 5.91 Å². The monoisotopic (exact) mass is 318 g/mol. The summed E-state index contributed by atoms with van der Waals surface area (Å²) in [5, 5.41) is 2.74. The summed E-state index contributed by atoms with van der Waals surface area (Å²) in [7, 11) is -3.21. The predicted molar refractivity (Wildman–Crippen MR) is 85.5 cm³/mol. The Hall–Kier alpha value is -2.21. The minimum Gasteiger partial charge on any atom is -0.310 e. The molecule has 0 aliphatic heterocycles. The first-order valence-corrected chi connectivity index (χ1v) is 8.81. The third kappa shape index (κ3) is 4.39. The van der Waals surface area contributed by atoms with E-state index in [1.807, 2.05) is 19.1 Å². The van der Waals surface area contributed by atoms with E-state index < -0.39 is 9.84 Å². The molecule has 0 spiro atoms. The van der Waals surface area contributed by atoms with Crippen LogP contribution in [0, 0.1) is 0 Å². The van der Waals surface area contributed by atoms with Crippen molar-refractivity contribution >= 4 is 21.6 Å². The Morgan fingerprint density at radius 1 is 1.14 bits per heavy atom. The Morgan fingerprint density at radius 3 is 2.41 bits per heavy atom. The molecular formula is C16H18N2O3S. The van der Waals surface area contributed by atoms with Crippen LogP contribution in [-0.4, -0.2) is 25.6 Å². The van der Waals surface area contributed by atoms with Gasteiger partial charge in [0.25, 0.3) is 0 Å². The molecule has 0 unspecified atom stereocenters. The topological polar surface area (TPSA) is 76.1 Å². The summed E-state index contributed by atoms with van der Waals surface area (Å²) in [6.45, 7) is 2.03. The lowest BCUT2D eigenvalue weighted by Gasteiger charge is -2.06. The van der Waals surface area contributed by atoms with Gasteiger partial charge in [-0.15, -0.1) is 0 Å². The van der Waals surface area contributed by atoms with Crippen molar-refractivity contribution in [1.29, 1.82) is 0 Å². The number of anilines is 1. The summed E-state index contributed by atoms with van der Waals surface area (Å²) in [6.07, 6.45) is 3.86. The van der Waals surface area contributed by atoms with E-state index in [9.17, 15) is 13.2 Å². The molecule has 2 rings (SSSR count). The minimum absolute atomic E-state index is 0.169. The van der Waals surface area contributed by atoms with Crippen molar-refractivity contribution in [3.63, 3.8) is 0 Å². The van der Waals surface area contributed by atoms with Crippen LogP contribution in [0.2, 0.25) is 0 Å². The van der Waals surface area contributed by atoms with E-state index >= 15 is 0 Å². The van der Waals surface area contributed by atoms with Crippen molar-refractivity contribution in [3.8, 4) is 0 Å². The molecule has 22 heavy (non-hydrogen) atoms. The first-order chi connectivity index (χ1) is 10.4. The normalized spacial score (nSPS) is 11.2. The average molecular weight is 318 g/mol. The van der Waals surface area contributed by atoms with Gasteiger partial charge in [0, 0.05) is 12.5 Å². The van der Waals surface area contributed by atoms with Crippen molar-refractivity contribution in [2.75, 3.05) is 11.6 Å². The van der Waals surface area contributed by atoms with Crippen LogP contribution in [0.3, 0.4) is 0 Å². The molecule has 1 aromatic heterocycles. The highest BCUT2D eigenvalue weighted by Crippen LogP contribution is 2.12.